The van der Waals surface area contributed by atoms with Crippen LogP contribution in [0.2, 0.25) is 18.1 Å². The molecule has 0 saturated carbocycles. The van der Waals surface area contributed by atoms with Crippen LogP contribution in [0.15, 0.2) is 103 Å². The standard InChI is InChI=1S/C31H40O3PSi.BrH/c1-25(2)33-30(32)23-26(34-36(6,7)31(3,4)5)24-35(27-17-11-8-12-18-27,28-19-13-9-14-20-28)29-21-15-10-16-22-29;/h8-23,25H,24H2,1-7H3;1H/q+1;/p-1/b26-23+;. The SMILES string of the molecule is CC(C)OC(=O)/C=C(\C[P+](c1ccccc1)(c1ccccc1)c1ccccc1)O[Si](C)(C)C(C)(C)C.[Br-]. The number of allylic oxidation sites excluding steroid dienone is 1. The van der Waals surface area contributed by atoms with Gasteiger partial charge in [-0.15, -0.1) is 0 Å². The molecule has 3 aromatic rings. The molecule has 0 radical (unpaired) electrons. The lowest BCUT2D eigenvalue weighted by Crippen LogP contribution is -3.00. The highest BCUT2D eigenvalue weighted by atomic mass is 79.9. The summed E-state index contributed by atoms with van der Waals surface area (Å²) in [5.74, 6) is 0.350. The van der Waals surface area contributed by atoms with E-state index in [0.717, 1.165) is 0 Å². The molecule has 3 aromatic carbocycles. The molecule has 0 fully saturated rings. The number of rotatable bonds is 9. The minimum absolute atomic E-state index is 0. The van der Waals surface area contributed by atoms with Gasteiger partial charge in [-0.3, -0.25) is 0 Å². The molecule has 3 nitrogen and oxygen atoms in total. The molecule has 37 heavy (non-hydrogen) atoms. The van der Waals surface area contributed by atoms with Gasteiger partial charge in [-0.25, -0.2) is 4.79 Å². The molecule has 0 spiro atoms. The van der Waals surface area contributed by atoms with Crippen LogP contribution < -0.4 is 32.9 Å². The van der Waals surface area contributed by atoms with Gasteiger partial charge in [0.1, 0.15) is 35.1 Å². The summed E-state index contributed by atoms with van der Waals surface area (Å²) < 4.78 is 12.4. The Labute approximate surface area is 235 Å². The van der Waals surface area contributed by atoms with Gasteiger partial charge in [0.25, 0.3) is 0 Å². The van der Waals surface area contributed by atoms with Gasteiger partial charge in [0.2, 0.25) is 8.32 Å². The molecule has 0 bridgehead atoms. The zero-order valence-electron chi connectivity index (χ0n) is 23.1. The highest BCUT2D eigenvalue weighted by Gasteiger charge is 2.48. The predicted molar refractivity (Wildman–Crippen MR) is 158 cm³/mol. The van der Waals surface area contributed by atoms with Crippen LogP contribution in [0.3, 0.4) is 0 Å². The summed E-state index contributed by atoms with van der Waals surface area (Å²) in [5, 5.41) is 3.75. The maximum Gasteiger partial charge on any atom is 0.334 e. The molecule has 6 heteroatoms. The summed E-state index contributed by atoms with van der Waals surface area (Å²) in [4.78, 5) is 12.9. The van der Waals surface area contributed by atoms with E-state index in [4.69, 9.17) is 9.16 Å². The Morgan fingerprint density at radius 2 is 1.19 bits per heavy atom. The second-order valence-corrected chi connectivity index (χ2v) is 19.1. The van der Waals surface area contributed by atoms with Crippen molar-refractivity contribution in [1.29, 1.82) is 0 Å². The Morgan fingerprint density at radius 1 is 0.811 bits per heavy atom. The fourth-order valence-corrected chi connectivity index (χ4v) is 9.31. The van der Waals surface area contributed by atoms with E-state index >= 15 is 0 Å². The van der Waals surface area contributed by atoms with Crippen molar-refractivity contribution in [2.45, 2.75) is 58.9 Å². The van der Waals surface area contributed by atoms with E-state index in [2.05, 4.69) is 125 Å². The van der Waals surface area contributed by atoms with Crippen LogP contribution >= 0.6 is 7.26 Å². The summed E-state index contributed by atoms with van der Waals surface area (Å²) in [5.41, 5.74) is 0. The van der Waals surface area contributed by atoms with Crippen LogP contribution in [0, 0.1) is 0 Å². The molecule has 0 aliphatic heterocycles. The Kier molecular flexibility index (Phi) is 10.9. The van der Waals surface area contributed by atoms with E-state index in [-0.39, 0.29) is 34.1 Å². The molecule has 0 atom stereocenters. The third-order valence-corrected chi connectivity index (χ3v) is 15.5. The summed E-state index contributed by atoms with van der Waals surface area (Å²) in [6.45, 7) is 14.8. The van der Waals surface area contributed by atoms with Crippen LogP contribution in [0.1, 0.15) is 34.6 Å². The van der Waals surface area contributed by atoms with E-state index in [1.807, 2.05) is 13.8 Å². The Morgan fingerprint density at radius 3 is 1.51 bits per heavy atom. The number of esters is 1. The Balaban J connectivity index is 0.00000481. The van der Waals surface area contributed by atoms with Crippen molar-refractivity contribution in [3.8, 4) is 0 Å². The Bertz CT molecular complexity index is 1060. The molecule has 0 aliphatic rings. The van der Waals surface area contributed by atoms with Gasteiger partial charge in [0.15, 0.2) is 0 Å². The molecular weight excluding hydrogens is 559 g/mol. The van der Waals surface area contributed by atoms with Crippen molar-refractivity contribution >= 4 is 37.5 Å². The highest BCUT2D eigenvalue weighted by Crippen LogP contribution is 2.57. The zero-order valence-corrected chi connectivity index (χ0v) is 26.6. The van der Waals surface area contributed by atoms with Gasteiger partial charge in [-0.1, -0.05) is 75.4 Å². The van der Waals surface area contributed by atoms with Gasteiger partial charge in [-0.2, -0.15) is 0 Å². The predicted octanol–water partition coefficient (Wildman–Crippen LogP) is 3.84. The summed E-state index contributed by atoms with van der Waals surface area (Å²) in [6, 6.07) is 32.0. The number of carbonyl (C=O) groups excluding carboxylic acids is 1. The molecule has 0 amide bonds. The average Bonchev–Trinajstić information content (AvgIpc) is 2.82. The van der Waals surface area contributed by atoms with E-state index in [1.54, 1.807) is 6.08 Å². The van der Waals surface area contributed by atoms with Gasteiger partial charge in [-0.05, 0) is 68.4 Å². The molecule has 198 valence electrons. The van der Waals surface area contributed by atoms with Gasteiger partial charge < -0.3 is 26.1 Å². The van der Waals surface area contributed by atoms with Crippen LogP contribution in [-0.4, -0.2) is 26.6 Å². The van der Waals surface area contributed by atoms with E-state index in [0.29, 0.717) is 11.9 Å². The van der Waals surface area contributed by atoms with Gasteiger partial charge in [0.05, 0.1) is 12.2 Å². The topological polar surface area (TPSA) is 35.5 Å². The molecule has 3 rings (SSSR count). The van der Waals surface area contributed by atoms with Gasteiger partial charge >= 0.3 is 5.97 Å². The van der Waals surface area contributed by atoms with Crippen molar-refractivity contribution in [1.82, 2.24) is 0 Å². The van der Waals surface area contributed by atoms with E-state index < -0.39 is 15.6 Å². The van der Waals surface area contributed by atoms with Crippen molar-refractivity contribution in [3.63, 3.8) is 0 Å². The quantitative estimate of drug-likeness (QED) is 0.123. The molecule has 0 aliphatic carbocycles. The first-order chi connectivity index (χ1) is 17.0. The maximum atomic E-state index is 12.9. The minimum atomic E-state index is -2.24. The zero-order chi connectivity index (χ0) is 26.4. The number of carbonyl (C=O) groups is 1. The first kappa shape index (κ1) is 31.0. The lowest BCUT2D eigenvalue weighted by atomic mass is 10.2. The lowest BCUT2D eigenvalue weighted by molar-refractivity contribution is -0.141. The van der Waals surface area contributed by atoms with Crippen LogP contribution in [-0.2, 0) is 14.0 Å². The third-order valence-electron chi connectivity index (χ3n) is 6.81. The largest absolute Gasteiger partial charge is 1.00 e. The first-order valence-corrected chi connectivity index (χ1v) is 17.5. The number of ether oxygens (including phenoxy) is 1. The average molecular weight is 600 g/mol. The molecule has 0 unspecified atom stereocenters. The van der Waals surface area contributed by atoms with Crippen molar-refractivity contribution in [2.75, 3.05) is 6.16 Å². The molecular formula is C31H40BrO3PSi. The van der Waals surface area contributed by atoms with Crippen molar-refractivity contribution < 1.29 is 30.9 Å². The monoisotopic (exact) mass is 598 g/mol. The van der Waals surface area contributed by atoms with Crippen LogP contribution in [0.5, 0.6) is 0 Å². The normalized spacial score (nSPS) is 12.6. The molecule has 0 aromatic heterocycles. The third kappa shape index (κ3) is 7.66. The number of hydrogen-bond acceptors (Lipinski definition) is 3. The van der Waals surface area contributed by atoms with Crippen LogP contribution in [0.25, 0.3) is 0 Å². The van der Waals surface area contributed by atoms with Crippen molar-refractivity contribution in [3.05, 3.63) is 103 Å². The minimum Gasteiger partial charge on any atom is -1.00 e. The highest BCUT2D eigenvalue weighted by molar-refractivity contribution is 7.95. The molecule has 0 N–H and O–H groups in total. The summed E-state index contributed by atoms with van der Waals surface area (Å²) >= 11 is 0. The fourth-order valence-electron chi connectivity index (χ4n) is 3.99. The maximum absolute atomic E-state index is 12.9. The molecule has 0 heterocycles. The molecule has 0 saturated heterocycles. The lowest BCUT2D eigenvalue weighted by Gasteiger charge is -2.38. The second-order valence-electron chi connectivity index (χ2n) is 10.9. The van der Waals surface area contributed by atoms with E-state index in [9.17, 15) is 4.79 Å². The smallest absolute Gasteiger partial charge is 0.334 e. The first-order valence-electron chi connectivity index (χ1n) is 12.6. The summed E-state index contributed by atoms with van der Waals surface area (Å²) in [7, 11) is -4.45. The summed E-state index contributed by atoms with van der Waals surface area (Å²) in [6.07, 6.45) is 2.01. The second kappa shape index (κ2) is 13.0. The number of hydrogen-bond donors (Lipinski definition) is 0. The Hall–Kier alpha value is -2.20. The van der Waals surface area contributed by atoms with Crippen molar-refractivity contribution in [2.24, 2.45) is 0 Å². The van der Waals surface area contributed by atoms with E-state index in [1.165, 1.54) is 15.9 Å². The van der Waals surface area contributed by atoms with Crippen LogP contribution in [0.4, 0.5) is 0 Å². The fraction of sp³-hybridized carbons (Fsp3) is 0.323. The number of halogens is 1. The van der Waals surface area contributed by atoms with Gasteiger partial charge in [0, 0.05) is 0 Å². The number of benzene rings is 3.